The van der Waals surface area contributed by atoms with Gasteiger partial charge in [-0.3, -0.25) is 19.3 Å². The van der Waals surface area contributed by atoms with E-state index in [0.717, 1.165) is 4.90 Å². The highest BCUT2D eigenvalue weighted by molar-refractivity contribution is 6.22. The van der Waals surface area contributed by atoms with E-state index >= 15 is 0 Å². The van der Waals surface area contributed by atoms with Crippen LogP contribution in [0.15, 0.2) is 36.4 Å². The second-order valence-corrected chi connectivity index (χ2v) is 6.42. The Morgan fingerprint density at radius 1 is 1.03 bits per heavy atom. The van der Waals surface area contributed by atoms with Gasteiger partial charge in [-0.25, -0.2) is 0 Å². The van der Waals surface area contributed by atoms with E-state index in [2.05, 4.69) is 0 Å². The van der Waals surface area contributed by atoms with Crippen molar-refractivity contribution >= 4 is 23.5 Å². The number of hydrogen-bond donors (Lipinski definition) is 1. The number of fused-ring (bicyclic) bond motifs is 1. The Bertz CT molecular complexity index is 972. The molecule has 0 saturated heterocycles. The summed E-state index contributed by atoms with van der Waals surface area (Å²) in [6, 6.07) is 8.68. The van der Waals surface area contributed by atoms with Crippen LogP contribution in [0, 0.1) is 0 Å². The molecule has 8 heteroatoms. The molecule has 0 radical (unpaired) electrons. The number of methoxy groups -OCH3 is 2. The van der Waals surface area contributed by atoms with Gasteiger partial charge in [-0.15, -0.1) is 0 Å². The molecule has 2 aromatic rings. The fourth-order valence-electron chi connectivity index (χ4n) is 3.33. The van der Waals surface area contributed by atoms with Crippen LogP contribution in [0.25, 0.3) is 0 Å². The number of nitrogens with two attached hydrogens (primary N) is 1. The zero-order valence-electron chi connectivity index (χ0n) is 16.4. The maximum absolute atomic E-state index is 13.0. The Hall–Kier alpha value is -3.55. The number of nitrogens with zero attached hydrogens (tertiary/aromatic N) is 1. The van der Waals surface area contributed by atoms with E-state index in [4.69, 9.17) is 19.9 Å². The summed E-state index contributed by atoms with van der Waals surface area (Å²) < 4.78 is 15.7. The Balaban J connectivity index is 2.07. The van der Waals surface area contributed by atoms with Crippen LogP contribution in [-0.4, -0.2) is 43.5 Å². The van der Waals surface area contributed by atoms with Crippen molar-refractivity contribution in [2.45, 2.75) is 19.4 Å². The molecule has 0 aliphatic carbocycles. The van der Waals surface area contributed by atoms with Crippen molar-refractivity contribution in [2.75, 3.05) is 26.6 Å². The number of imide groups is 1. The summed E-state index contributed by atoms with van der Waals surface area (Å²) in [5, 5.41) is 0. The first-order valence-corrected chi connectivity index (χ1v) is 9.06. The van der Waals surface area contributed by atoms with Gasteiger partial charge in [0.1, 0.15) is 0 Å². The van der Waals surface area contributed by atoms with Crippen molar-refractivity contribution in [2.24, 2.45) is 0 Å². The number of rotatable bonds is 7. The number of hydrogen-bond acceptors (Lipinski definition) is 7. The molecule has 2 aromatic carbocycles. The van der Waals surface area contributed by atoms with Crippen molar-refractivity contribution in [3.63, 3.8) is 0 Å². The predicted molar refractivity (Wildman–Crippen MR) is 105 cm³/mol. The largest absolute Gasteiger partial charge is 0.493 e. The maximum Gasteiger partial charge on any atom is 0.307 e. The third-order valence-electron chi connectivity index (χ3n) is 4.71. The van der Waals surface area contributed by atoms with Gasteiger partial charge in [0, 0.05) is 5.69 Å². The lowest BCUT2D eigenvalue weighted by molar-refractivity contribution is -0.141. The summed E-state index contributed by atoms with van der Waals surface area (Å²) in [6.07, 6.45) is -0.199. The first kappa shape index (κ1) is 20.2. The van der Waals surface area contributed by atoms with Crippen molar-refractivity contribution in [1.82, 2.24) is 4.90 Å². The van der Waals surface area contributed by atoms with Gasteiger partial charge in [0.2, 0.25) is 0 Å². The Morgan fingerprint density at radius 3 is 2.41 bits per heavy atom. The lowest BCUT2D eigenvalue weighted by atomic mass is 10.0. The highest BCUT2D eigenvalue weighted by Gasteiger charge is 2.41. The zero-order chi connectivity index (χ0) is 21.1. The van der Waals surface area contributed by atoms with Crippen molar-refractivity contribution in [3.05, 3.63) is 53.1 Å². The molecule has 152 valence electrons. The number of ether oxygens (including phenoxy) is 3. The van der Waals surface area contributed by atoms with E-state index in [0.29, 0.717) is 29.4 Å². The first-order valence-electron chi connectivity index (χ1n) is 9.06. The highest BCUT2D eigenvalue weighted by Crippen LogP contribution is 2.38. The molecule has 0 bridgehead atoms. The number of esters is 1. The van der Waals surface area contributed by atoms with E-state index in [1.165, 1.54) is 26.4 Å². The third-order valence-corrected chi connectivity index (χ3v) is 4.71. The molecule has 1 aliphatic heterocycles. The Morgan fingerprint density at radius 2 is 1.76 bits per heavy atom. The van der Waals surface area contributed by atoms with E-state index in [1.807, 2.05) is 6.92 Å². The monoisotopic (exact) mass is 398 g/mol. The SMILES string of the molecule is CCOc1cc(C(CC(=O)OC)N2C(=O)c3ccc(N)cc3C2=O)ccc1OC. The van der Waals surface area contributed by atoms with Gasteiger partial charge in [-0.05, 0) is 42.8 Å². The van der Waals surface area contributed by atoms with Gasteiger partial charge in [-0.2, -0.15) is 0 Å². The molecule has 3 rings (SSSR count). The number of nitrogen functional groups attached to an aromatic ring is 1. The van der Waals surface area contributed by atoms with Gasteiger partial charge in [-0.1, -0.05) is 6.07 Å². The molecule has 0 fully saturated rings. The van der Waals surface area contributed by atoms with E-state index in [1.54, 1.807) is 24.3 Å². The van der Waals surface area contributed by atoms with Gasteiger partial charge in [0.15, 0.2) is 11.5 Å². The highest BCUT2D eigenvalue weighted by atomic mass is 16.5. The molecule has 8 nitrogen and oxygen atoms in total. The van der Waals surface area contributed by atoms with Gasteiger partial charge in [0.05, 0.1) is 44.4 Å². The van der Waals surface area contributed by atoms with Crippen LogP contribution in [-0.2, 0) is 9.53 Å². The summed E-state index contributed by atoms with van der Waals surface area (Å²) in [6.45, 7) is 2.22. The molecule has 0 spiro atoms. The number of carbonyl (C=O) groups is 3. The molecular weight excluding hydrogens is 376 g/mol. The maximum atomic E-state index is 13.0. The minimum atomic E-state index is -0.874. The van der Waals surface area contributed by atoms with Gasteiger partial charge < -0.3 is 19.9 Å². The lowest BCUT2D eigenvalue weighted by Crippen LogP contribution is -2.35. The van der Waals surface area contributed by atoms with Crippen molar-refractivity contribution in [1.29, 1.82) is 0 Å². The second-order valence-electron chi connectivity index (χ2n) is 6.42. The van der Waals surface area contributed by atoms with Crippen LogP contribution in [0.4, 0.5) is 5.69 Å². The summed E-state index contributed by atoms with van der Waals surface area (Å²) in [7, 11) is 2.76. The molecule has 1 aliphatic rings. The van der Waals surface area contributed by atoms with Crippen LogP contribution < -0.4 is 15.2 Å². The summed E-state index contributed by atoms with van der Waals surface area (Å²) in [5.74, 6) is -0.613. The minimum absolute atomic E-state index is 0.199. The molecule has 29 heavy (non-hydrogen) atoms. The standard InChI is InChI=1S/C21H22N2O6/c1-4-29-18-9-12(5-8-17(18)27-2)16(11-19(24)28-3)23-20(25)14-7-6-13(22)10-15(14)21(23)26/h5-10,16H,4,11,22H2,1-3H3. The summed E-state index contributed by atoms with van der Waals surface area (Å²) in [5.41, 5.74) is 7.15. The Labute approximate surface area is 168 Å². The fourth-order valence-corrected chi connectivity index (χ4v) is 3.33. The van der Waals surface area contributed by atoms with E-state index in [9.17, 15) is 14.4 Å². The van der Waals surface area contributed by atoms with E-state index < -0.39 is 23.8 Å². The number of anilines is 1. The van der Waals surface area contributed by atoms with E-state index in [-0.39, 0.29) is 17.5 Å². The third kappa shape index (κ3) is 3.73. The van der Waals surface area contributed by atoms with Crippen LogP contribution in [0.1, 0.15) is 45.7 Å². The van der Waals surface area contributed by atoms with Crippen molar-refractivity contribution < 1.29 is 28.6 Å². The first-order chi connectivity index (χ1) is 13.9. The normalized spacial score (nSPS) is 13.8. The molecule has 2 amide bonds. The predicted octanol–water partition coefficient (Wildman–Crippen LogP) is 2.58. The summed E-state index contributed by atoms with van der Waals surface area (Å²) >= 11 is 0. The fraction of sp³-hybridized carbons (Fsp3) is 0.286. The smallest absolute Gasteiger partial charge is 0.307 e. The number of benzene rings is 2. The molecule has 1 unspecified atom stereocenters. The number of carbonyl (C=O) groups excluding carboxylic acids is 3. The molecule has 0 saturated carbocycles. The summed E-state index contributed by atoms with van der Waals surface area (Å²) in [4.78, 5) is 39.2. The average molecular weight is 398 g/mol. The molecule has 2 N–H and O–H groups in total. The zero-order valence-corrected chi connectivity index (χ0v) is 16.4. The van der Waals surface area contributed by atoms with Gasteiger partial charge >= 0.3 is 5.97 Å². The average Bonchev–Trinajstić information content (AvgIpc) is 2.96. The second kappa shape index (κ2) is 8.22. The molecule has 1 heterocycles. The molecule has 0 aromatic heterocycles. The minimum Gasteiger partial charge on any atom is -0.493 e. The van der Waals surface area contributed by atoms with Crippen LogP contribution in [0.2, 0.25) is 0 Å². The Kier molecular flexibility index (Phi) is 5.72. The topological polar surface area (TPSA) is 108 Å². The molecule has 1 atom stereocenters. The van der Waals surface area contributed by atoms with Crippen LogP contribution in [0.5, 0.6) is 11.5 Å². The molecular formula is C21H22N2O6. The quantitative estimate of drug-likeness (QED) is 0.434. The lowest BCUT2D eigenvalue weighted by Gasteiger charge is -2.26. The van der Waals surface area contributed by atoms with Crippen LogP contribution >= 0.6 is 0 Å². The van der Waals surface area contributed by atoms with Gasteiger partial charge in [0.25, 0.3) is 11.8 Å². The van der Waals surface area contributed by atoms with Crippen LogP contribution in [0.3, 0.4) is 0 Å². The number of amides is 2. The van der Waals surface area contributed by atoms with Crippen molar-refractivity contribution in [3.8, 4) is 11.5 Å².